The quantitative estimate of drug-likeness (QED) is 0.766. The van der Waals surface area contributed by atoms with E-state index in [9.17, 15) is 4.79 Å². The molecule has 0 atom stereocenters. The first kappa shape index (κ1) is 20.6. The van der Waals surface area contributed by atoms with Gasteiger partial charge in [-0.2, -0.15) is 0 Å². The number of aryl methyl sites for hydroxylation is 1. The molecule has 0 aliphatic carbocycles. The number of anilines is 1. The summed E-state index contributed by atoms with van der Waals surface area (Å²) in [6, 6.07) is 13.9. The van der Waals surface area contributed by atoms with Crippen LogP contribution >= 0.6 is 11.6 Å². The molecule has 28 heavy (non-hydrogen) atoms. The number of nitrogens with zero attached hydrogens (tertiary/aromatic N) is 2. The molecule has 0 spiro atoms. The molecule has 150 valence electrons. The molecule has 1 heterocycles. The van der Waals surface area contributed by atoms with Crippen molar-refractivity contribution in [3.8, 4) is 5.75 Å². The van der Waals surface area contributed by atoms with Crippen molar-refractivity contribution in [3.63, 3.8) is 0 Å². The van der Waals surface area contributed by atoms with Gasteiger partial charge in [0.15, 0.2) is 0 Å². The van der Waals surface area contributed by atoms with E-state index in [1.54, 1.807) is 25.3 Å². The smallest absolute Gasteiger partial charge is 0.225 e. The molecule has 5 nitrogen and oxygen atoms in total. The minimum absolute atomic E-state index is 0.0252. The van der Waals surface area contributed by atoms with Crippen LogP contribution in [0.15, 0.2) is 42.5 Å². The Hall–Kier alpha value is -2.08. The highest BCUT2D eigenvalue weighted by Crippen LogP contribution is 2.27. The number of benzene rings is 2. The Balaban J connectivity index is 1.41. The molecule has 0 saturated carbocycles. The Morgan fingerprint density at radius 3 is 2.57 bits per heavy atom. The van der Waals surface area contributed by atoms with Gasteiger partial charge in [-0.3, -0.25) is 9.69 Å². The Bertz CT molecular complexity index is 804. The number of ether oxygens (including phenoxy) is 1. The maximum absolute atomic E-state index is 12.3. The fraction of sp³-hybridized carbons (Fsp3) is 0.409. The number of amides is 1. The molecule has 0 bridgehead atoms. The third-order valence-corrected chi connectivity index (χ3v) is 5.28. The van der Waals surface area contributed by atoms with Gasteiger partial charge >= 0.3 is 0 Å². The highest BCUT2D eigenvalue weighted by Gasteiger charge is 2.18. The number of hydrogen-bond acceptors (Lipinski definition) is 4. The van der Waals surface area contributed by atoms with Gasteiger partial charge in [0.25, 0.3) is 0 Å². The molecule has 1 aliphatic heterocycles. The normalized spacial score (nSPS) is 15.4. The first-order valence-corrected chi connectivity index (χ1v) is 10.0. The molecular formula is C22H28ClN3O2. The zero-order chi connectivity index (χ0) is 19.9. The van der Waals surface area contributed by atoms with Crippen LogP contribution < -0.4 is 10.1 Å². The molecule has 1 fully saturated rings. The van der Waals surface area contributed by atoms with E-state index in [1.165, 1.54) is 11.1 Å². The van der Waals surface area contributed by atoms with Crippen molar-refractivity contribution >= 4 is 23.2 Å². The molecule has 1 N–H and O–H groups in total. The van der Waals surface area contributed by atoms with Crippen molar-refractivity contribution in [3.05, 3.63) is 58.6 Å². The Labute approximate surface area is 172 Å². The maximum atomic E-state index is 12.3. The van der Waals surface area contributed by atoms with Crippen LogP contribution in [0.1, 0.15) is 17.5 Å². The van der Waals surface area contributed by atoms with Crippen molar-refractivity contribution in [2.24, 2.45) is 0 Å². The lowest BCUT2D eigenvalue weighted by atomic mass is 10.1. The molecule has 2 aromatic carbocycles. The second-order valence-electron chi connectivity index (χ2n) is 7.25. The largest absolute Gasteiger partial charge is 0.495 e. The van der Waals surface area contributed by atoms with Crippen molar-refractivity contribution < 1.29 is 9.53 Å². The minimum atomic E-state index is -0.0252. The first-order valence-electron chi connectivity index (χ1n) is 9.67. The molecule has 1 saturated heterocycles. The minimum Gasteiger partial charge on any atom is -0.495 e. The molecule has 0 unspecified atom stereocenters. The Kier molecular flexibility index (Phi) is 7.31. The van der Waals surface area contributed by atoms with Crippen molar-refractivity contribution in [1.82, 2.24) is 9.80 Å². The predicted molar refractivity (Wildman–Crippen MR) is 114 cm³/mol. The van der Waals surface area contributed by atoms with Crippen LogP contribution in [0, 0.1) is 6.92 Å². The fourth-order valence-electron chi connectivity index (χ4n) is 3.49. The number of nitrogens with one attached hydrogen (secondary N) is 1. The van der Waals surface area contributed by atoms with Gasteiger partial charge in [-0.15, -0.1) is 0 Å². The van der Waals surface area contributed by atoms with Gasteiger partial charge in [-0.05, 0) is 30.7 Å². The fourth-order valence-corrected chi connectivity index (χ4v) is 3.66. The molecule has 6 heteroatoms. The lowest BCUT2D eigenvalue weighted by Gasteiger charge is -2.34. The lowest BCUT2D eigenvalue weighted by molar-refractivity contribution is -0.116. The second-order valence-corrected chi connectivity index (χ2v) is 7.69. The van der Waals surface area contributed by atoms with Crippen LogP contribution in [-0.2, 0) is 11.3 Å². The predicted octanol–water partition coefficient (Wildman–Crippen LogP) is 3.80. The Morgan fingerprint density at radius 1 is 1.11 bits per heavy atom. The lowest BCUT2D eigenvalue weighted by Crippen LogP contribution is -2.46. The number of halogens is 1. The van der Waals surface area contributed by atoms with E-state index in [0.29, 0.717) is 22.9 Å². The summed E-state index contributed by atoms with van der Waals surface area (Å²) in [6.07, 6.45) is 0.452. The van der Waals surface area contributed by atoms with E-state index < -0.39 is 0 Å². The van der Waals surface area contributed by atoms with Crippen LogP contribution in [0.25, 0.3) is 0 Å². The number of carbonyl (C=O) groups is 1. The summed E-state index contributed by atoms with van der Waals surface area (Å²) in [5.41, 5.74) is 3.28. The van der Waals surface area contributed by atoms with E-state index in [4.69, 9.17) is 16.3 Å². The summed E-state index contributed by atoms with van der Waals surface area (Å²) in [4.78, 5) is 17.1. The zero-order valence-electron chi connectivity index (χ0n) is 16.6. The van der Waals surface area contributed by atoms with Crippen molar-refractivity contribution in [2.75, 3.05) is 45.2 Å². The standard InChI is InChI=1S/C22H28ClN3O2/c1-17-4-3-5-18(14-17)16-26-12-10-25(11-13-26)9-8-22(27)24-20-15-19(23)6-7-21(20)28-2/h3-7,14-15H,8-13,16H2,1-2H3,(H,24,27). The van der Waals surface area contributed by atoms with Gasteiger partial charge in [0.1, 0.15) is 5.75 Å². The number of rotatable bonds is 7. The second kappa shape index (κ2) is 9.92. The first-order chi connectivity index (χ1) is 13.5. The maximum Gasteiger partial charge on any atom is 0.225 e. The molecular weight excluding hydrogens is 374 g/mol. The van der Waals surface area contributed by atoms with Gasteiger partial charge in [0.2, 0.25) is 5.91 Å². The van der Waals surface area contributed by atoms with E-state index in [-0.39, 0.29) is 5.91 Å². The monoisotopic (exact) mass is 401 g/mol. The van der Waals surface area contributed by atoms with Crippen LogP contribution in [0.3, 0.4) is 0 Å². The summed E-state index contributed by atoms with van der Waals surface area (Å²) >= 11 is 6.02. The van der Waals surface area contributed by atoms with Crippen molar-refractivity contribution in [2.45, 2.75) is 19.9 Å². The summed E-state index contributed by atoms with van der Waals surface area (Å²) in [5, 5.41) is 3.47. The van der Waals surface area contributed by atoms with Gasteiger partial charge in [0, 0.05) is 50.7 Å². The molecule has 1 amide bonds. The molecule has 0 aromatic heterocycles. The van der Waals surface area contributed by atoms with Crippen LogP contribution in [0.5, 0.6) is 5.75 Å². The van der Waals surface area contributed by atoms with E-state index in [2.05, 4.69) is 46.3 Å². The average molecular weight is 402 g/mol. The van der Waals surface area contributed by atoms with Gasteiger partial charge < -0.3 is 15.0 Å². The topological polar surface area (TPSA) is 44.8 Å². The zero-order valence-corrected chi connectivity index (χ0v) is 17.3. The van der Waals surface area contributed by atoms with Gasteiger partial charge in [-0.1, -0.05) is 41.4 Å². The SMILES string of the molecule is COc1ccc(Cl)cc1NC(=O)CCN1CCN(Cc2cccc(C)c2)CC1. The summed E-state index contributed by atoms with van der Waals surface area (Å²) in [7, 11) is 1.58. The summed E-state index contributed by atoms with van der Waals surface area (Å²) in [5.74, 6) is 0.588. The third kappa shape index (κ3) is 5.96. The molecule has 3 rings (SSSR count). The van der Waals surface area contributed by atoms with E-state index >= 15 is 0 Å². The van der Waals surface area contributed by atoms with E-state index in [1.807, 2.05) is 0 Å². The highest BCUT2D eigenvalue weighted by molar-refractivity contribution is 6.31. The van der Waals surface area contributed by atoms with E-state index in [0.717, 1.165) is 39.3 Å². The van der Waals surface area contributed by atoms with Crippen LogP contribution in [0.2, 0.25) is 5.02 Å². The summed E-state index contributed by atoms with van der Waals surface area (Å²) < 4.78 is 5.27. The highest BCUT2D eigenvalue weighted by atomic mass is 35.5. The Morgan fingerprint density at radius 2 is 1.86 bits per heavy atom. The average Bonchev–Trinajstić information content (AvgIpc) is 2.68. The number of hydrogen-bond donors (Lipinski definition) is 1. The summed E-state index contributed by atoms with van der Waals surface area (Å²) in [6.45, 7) is 7.90. The number of piperazine rings is 1. The molecule has 0 radical (unpaired) electrons. The molecule has 2 aromatic rings. The van der Waals surface area contributed by atoms with Crippen LogP contribution in [-0.4, -0.2) is 55.5 Å². The third-order valence-electron chi connectivity index (χ3n) is 5.04. The molecule has 1 aliphatic rings. The van der Waals surface area contributed by atoms with Crippen molar-refractivity contribution in [1.29, 1.82) is 0 Å². The van der Waals surface area contributed by atoms with Gasteiger partial charge in [0.05, 0.1) is 12.8 Å². The number of methoxy groups -OCH3 is 1. The van der Waals surface area contributed by atoms with Crippen LogP contribution in [0.4, 0.5) is 5.69 Å². The number of carbonyl (C=O) groups excluding carboxylic acids is 1. The van der Waals surface area contributed by atoms with Gasteiger partial charge in [-0.25, -0.2) is 0 Å².